The van der Waals surface area contributed by atoms with E-state index in [9.17, 15) is 4.79 Å². The maximum atomic E-state index is 13.0. The Bertz CT molecular complexity index is 1700. The van der Waals surface area contributed by atoms with Crippen LogP contribution in [0.2, 0.25) is 0 Å². The largest absolute Gasteiger partial charge is 0.484 e. The zero-order valence-corrected chi connectivity index (χ0v) is 24.5. The molecule has 6 rings (SSSR count). The normalized spacial score (nSPS) is 17.8. The number of carbonyl (C=O) groups excluding carboxylic acids is 1. The van der Waals surface area contributed by atoms with Gasteiger partial charge in [-0.2, -0.15) is 10.2 Å². The summed E-state index contributed by atoms with van der Waals surface area (Å²) < 4.78 is 5.99. The Hall–Kier alpha value is -4.20. The second-order valence-electron chi connectivity index (χ2n) is 12.6. The summed E-state index contributed by atoms with van der Waals surface area (Å²) in [5.74, 6) is 2.30. The number of aromatic nitrogens is 5. The van der Waals surface area contributed by atoms with Gasteiger partial charge in [-0.3, -0.25) is 15.0 Å². The van der Waals surface area contributed by atoms with Gasteiger partial charge < -0.3 is 9.64 Å². The summed E-state index contributed by atoms with van der Waals surface area (Å²) in [4.78, 5) is 19.7. The topological polar surface area (TPSA) is 99.8 Å². The van der Waals surface area contributed by atoms with Gasteiger partial charge in [0.2, 0.25) is 0 Å². The van der Waals surface area contributed by atoms with Crippen molar-refractivity contribution in [3.63, 3.8) is 0 Å². The maximum Gasteiger partial charge on any atom is 0.260 e. The first-order valence-electron chi connectivity index (χ1n) is 14.5. The SMILES string of the molecule is C[C@@H]1CCC[C@H](C)N1C(=O)COc1ccc2c(-c3n[nH]c4ccc(-c5n[nH]c(CC(C)(C)C)n5)cc34)cccc2c1. The molecule has 8 nitrogen and oxygen atoms in total. The van der Waals surface area contributed by atoms with Crippen molar-refractivity contribution in [1.82, 2.24) is 30.3 Å². The van der Waals surface area contributed by atoms with Crippen LogP contribution in [0.3, 0.4) is 0 Å². The first-order valence-corrected chi connectivity index (χ1v) is 14.5. The molecule has 2 atom stereocenters. The number of benzene rings is 3. The molecule has 0 saturated carbocycles. The Kier molecular flexibility index (Phi) is 7.01. The van der Waals surface area contributed by atoms with E-state index in [0.29, 0.717) is 11.6 Å². The van der Waals surface area contributed by atoms with Gasteiger partial charge in [0.1, 0.15) is 17.3 Å². The van der Waals surface area contributed by atoms with E-state index in [1.807, 2.05) is 35.2 Å². The van der Waals surface area contributed by atoms with Crippen LogP contribution in [0.5, 0.6) is 5.75 Å². The molecule has 3 heterocycles. The minimum Gasteiger partial charge on any atom is -0.484 e. The van der Waals surface area contributed by atoms with Gasteiger partial charge in [0.15, 0.2) is 12.4 Å². The van der Waals surface area contributed by atoms with E-state index in [2.05, 4.69) is 74.2 Å². The number of H-pyrrole nitrogens is 2. The zero-order chi connectivity index (χ0) is 28.7. The molecule has 0 aliphatic carbocycles. The fourth-order valence-electron chi connectivity index (χ4n) is 6.05. The van der Waals surface area contributed by atoms with Crippen molar-refractivity contribution >= 4 is 27.6 Å². The maximum absolute atomic E-state index is 13.0. The van der Waals surface area contributed by atoms with Crippen LogP contribution in [0.15, 0.2) is 54.6 Å². The number of amides is 1. The average molecular weight is 551 g/mol. The summed E-state index contributed by atoms with van der Waals surface area (Å²) in [5.41, 5.74) is 3.90. The van der Waals surface area contributed by atoms with Crippen molar-refractivity contribution in [2.45, 2.75) is 72.4 Å². The number of piperidine rings is 1. The van der Waals surface area contributed by atoms with Crippen molar-refractivity contribution in [3.8, 4) is 28.4 Å². The summed E-state index contributed by atoms with van der Waals surface area (Å²) in [5, 5.41) is 18.6. The van der Waals surface area contributed by atoms with Gasteiger partial charge in [-0.25, -0.2) is 4.98 Å². The van der Waals surface area contributed by atoms with Crippen LogP contribution >= 0.6 is 0 Å². The van der Waals surface area contributed by atoms with E-state index < -0.39 is 0 Å². The van der Waals surface area contributed by atoms with Crippen molar-refractivity contribution in [2.75, 3.05) is 6.61 Å². The molecule has 41 heavy (non-hydrogen) atoms. The van der Waals surface area contributed by atoms with E-state index >= 15 is 0 Å². The molecule has 1 saturated heterocycles. The molecule has 0 radical (unpaired) electrons. The molecule has 3 aromatic carbocycles. The first kappa shape index (κ1) is 27.0. The molecule has 2 N–H and O–H groups in total. The number of nitrogens with one attached hydrogen (secondary N) is 2. The third kappa shape index (κ3) is 5.56. The molecular formula is C33H38N6O2. The number of fused-ring (bicyclic) bond motifs is 2. The fourth-order valence-corrected chi connectivity index (χ4v) is 6.05. The van der Waals surface area contributed by atoms with Crippen molar-refractivity contribution in [2.24, 2.45) is 5.41 Å². The van der Waals surface area contributed by atoms with Gasteiger partial charge in [-0.1, -0.05) is 45.0 Å². The number of hydrogen-bond donors (Lipinski definition) is 2. The highest BCUT2D eigenvalue weighted by Gasteiger charge is 2.29. The molecule has 5 aromatic rings. The predicted octanol–water partition coefficient (Wildman–Crippen LogP) is 6.93. The lowest BCUT2D eigenvalue weighted by atomic mass is 9.92. The molecule has 0 unspecified atom stereocenters. The van der Waals surface area contributed by atoms with Gasteiger partial charge in [-0.05, 0) is 79.6 Å². The summed E-state index contributed by atoms with van der Waals surface area (Å²) in [6.45, 7) is 10.9. The van der Waals surface area contributed by atoms with Gasteiger partial charge in [0.25, 0.3) is 5.91 Å². The second kappa shape index (κ2) is 10.7. The van der Waals surface area contributed by atoms with E-state index in [1.54, 1.807) is 0 Å². The Morgan fingerprint density at radius 2 is 1.78 bits per heavy atom. The number of likely N-dealkylation sites (tertiary alicyclic amines) is 1. The number of rotatable bonds is 6. The monoisotopic (exact) mass is 550 g/mol. The molecule has 1 amide bonds. The lowest BCUT2D eigenvalue weighted by Crippen LogP contribution is -2.49. The molecule has 212 valence electrons. The third-order valence-electron chi connectivity index (χ3n) is 8.00. The lowest BCUT2D eigenvalue weighted by Gasteiger charge is -2.38. The van der Waals surface area contributed by atoms with Gasteiger partial charge in [-0.15, -0.1) is 0 Å². The number of nitrogens with zero attached hydrogens (tertiary/aromatic N) is 4. The first-order chi connectivity index (χ1) is 19.7. The van der Waals surface area contributed by atoms with Crippen LogP contribution in [-0.2, 0) is 11.2 Å². The van der Waals surface area contributed by atoms with Crippen molar-refractivity contribution < 1.29 is 9.53 Å². The standard InChI is InChI=1S/C33H38N6O2/c1-20-8-6-9-21(2)39(20)30(40)19-41-24-13-14-25-22(16-24)10-7-11-26(25)31-27-17-23(12-15-28(27)35-37-31)32-34-29(36-38-32)18-33(3,4)5/h7,10-17,20-21H,6,8-9,18-19H2,1-5H3,(H,35,37)(H,34,36,38)/t20-,21+. The van der Waals surface area contributed by atoms with Gasteiger partial charge in [0.05, 0.1) is 5.52 Å². The fraction of sp³-hybridized carbons (Fsp3) is 0.394. The molecule has 0 bridgehead atoms. The molecule has 1 fully saturated rings. The Labute approximate surface area is 240 Å². The number of hydrogen-bond acceptors (Lipinski definition) is 5. The second-order valence-corrected chi connectivity index (χ2v) is 12.6. The Morgan fingerprint density at radius 1 is 0.976 bits per heavy atom. The quantitative estimate of drug-likeness (QED) is 0.239. The molecule has 2 aromatic heterocycles. The average Bonchev–Trinajstić information content (AvgIpc) is 3.57. The van der Waals surface area contributed by atoms with E-state index in [-0.39, 0.29) is 30.0 Å². The van der Waals surface area contributed by atoms with Crippen LogP contribution < -0.4 is 4.74 Å². The molecule has 1 aliphatic heterocycles. The highest BCUT2D eigenvalue weighted by atomic mass is 16.5. The van der Waals surface area contributed by atoms with Crippen LogP contribution in [0, 0.1) is 5.41 Å². The van der Waals surface area contributed by atoms with Crippen LogP contribution in [-0.4, -0.2) is 54.9 Å². The molecule has 8 heteroatoms. The Morgan fingerprint density at radius 3 is 2.56 bits per heavy atom. The number of ether oxygens (including phenoxy) is 1. The lowest BCUT2D eigenvalue weighted by molar-refractivity contribution is -0.139. The summed E-state index contributed by atoms with van der Waals surface area (Å²) in [7, 11) is 0. The van der Waals surface area contributed by atoms with Crippen molar-refractivity contribution in [3.05, 3.63) is 60.4 Å². The van der Waals surface area contributed by atoms with Crippen LogP contribution in [0.4, 0.5) is 0 Å². The smallest absolute Gasteiger partial charge is 0.260 e. The Balaban J connectivity index is 1.26. The third-order valence-corrected chi connectivity index (χ3v) is 8.00. The van der Waals surface area contributed by atoms with E-state index in [4.69, 9.17) is 14.8 Å². The van der Waals surface area contributed by atoms with Crippen molar-refractivity contribution in [1.29, 1.82) is 0 Å². The predicted molar refractivity (Wildman–Crippen MR) is 163 cm³/mol. The molecule has 0 spiro atoms. The van der Waals surface area contributed by atoms with Gasteiger partial charge >= 0.3 is 0 Å². The number of aromatic amines is 2. The highest BCUT2D eigenvalue weighted by Crippen LogP contribution is 2.35. The van der Waals surface area contributed by atoms with Crippen LogP contribution in [0.25, 0.3) is 44.3 Å². The molecule has 1 aliphatic rings. The minimum atomic E-state index is 0.0470. The summed E-state index contributed by atoms with van der Waals surface area (Å²) in [6, 6.07) is 18.8. The van der Waals surface area contributed by atoms with Gasteiger partial charge in [0, 0.05) is 35.0 Å². The number of carbonyl (C=O) groups is 1. The zero-order valence-electron chi connectivity index (χ0n) is 24.5. The van der Waals surface area contributed by atoms with E-state index in [1.165, 1.54) is 6.42 Å². The summed E-state index contributed by atoms with van der Waals surface area (Å²) >= 11 is 0. The van der Waals surface area contributed by atoms with Crippen LogP contribution in [0.1, 0.15) is 59.7 Å². The minimum absolute atomic E-state index is 0.0470. The highest BCUT2D eigenvalue weighted by molar-refractivity contribution is 6.04. The summed E-state index contributed by atoms with van der Waals surface area (Å²) in [6.07, 6.45) is 4.10. The van der Waals surface area contributed by atoms with E-state index in [0.717, 1.165) is 63.6 Å². The molecular weight excluding hydrogens is 512 g/mol.